The molecule has 0 aliphatic rings. The lowest BCUT2D eigenvalue weighted by Gasteiger charge is -2.19. The molecule has 0 saturated heterocycles. The van der Waals surface area contributed by atoms with E-state index in [1.807, 2.05) is 30.5 Å². The van der Waals surface area contributed by atoms with Crippen LogP contribution in [0.1, 0.15) is 13.3 Å². The van der Waals surface area contributed by atoms with Crippen molar-refractivity contribution >= 4 is 29.0 Å². The van der Waals surface area contributed by atoms with Gasteiger partial charge in [0, 0.05) is 13.6 Å². The molecular formula is C11H14N2OS2. The number of thioether (sulfide) groups is 1. The van der Waals surface area contributed by atoms with E-state index in [0.29, 0.717) is 13.0 Å². The minimum atomic E-state index is -0.0951. The first-order valence-corrected chi connectivity index (χ1v) is 6.73. The molecule has 0 saturated carbocycles. The van der Waals surface area contributed by atoms with Gasteiger partial charge in [0.1, 0.15) is 0 Å². The molecule has 1 rings (SSSR count). The fraction of sp³-hybridized carbons (Fsp3) is 0.455. The number of hydrogen-bond acceptors (Lipinski definition) is 4. The minimum Gasteiger partial charge on any atom is -0.344 e. The van der Waals surface area contributed by atoms with Crippen molar-refractivity contribution in [3.8, 4) is 6.07 Å². The number of amides is 1. The van der Waals surface area contributed by atoms with Crippen LogP contribution in [0, 0.1) is 11.3 Å². The van der Waals surface area contributed by atoms with Crippen LogP contribution in [0.2, 0.25) is 0 Å². The van der Waals surface area contributed by atoms with Crippen LogP contribution in [0.25, 0.3) is 0 Å². The first kappa shape index (κ1) is 13.1. The Balaban J connectivity index is 2.44. The summed E-state index contributed by atoms with van der Waals surface area (Å²) in [6.45, 7) is 2.40. The predicted molar refractivity (Wildman–Crippen MR) is 67.5 cm³/mol. The first-order valence-electron chi connectivity index (χ1n) is 4.97. The molecule has 5 heteroatoms. The lowest BCUT2D eigenvalue weighted by Crippen LogP contribution is -2.33. The van der Waals surface area contributed by atoms with Gasteiger partial charge in [0.25, 0.3) is 0 Å². The van der Waals surface area contributed by atoms with E-state index in [-0.39, 0.29) is 11.2 Å². The summed E-state index contributed by atoms with van der Waals surface area (Å²) in [6.07, 6.45) is 0.388. The van der Waals surface area contributed by atoms with Gasteiger partial charge < -0.3 is 4.90 Å². The Kier molecular flexibility index (Phi) is 5.36. The minimum absolute atomic E-state index is 0.0775. The molecule has 86 valence electrons. The second-order valence-electron chi connectivity index (χ2n) is 3.36. The fourth-order valence-corrected chi connectivity index (χ4v) is 3.25. The van der Waals surface area contributed by atoms with E-state index < -0.39 is 0 Å². The molecule has 0 aliphatic heterocycles. The molecule has 3 nitrogen and oxygen atoms in total. The van der Waals surface area contributed by atoms with Gasteiger partial charge in [-0.2, -0.15) is 5.26 Å². The van der Waals surface area contributed by atoms with Gasteiger partial charge in [0.15, 0.2) is 0 Å². The van der Waals surface area contributed by atoms with Crippen LogP contribution in [0.15, 0.2) is 21.7 Å². The smallest absolute Gasteiger partial charge is 0.235 e. The molecule has 16 heavy (non-hydrogen) atoms. The van der Waals surface area contributed by atoms with Gasteiger partial charge in [0.05, 0.1) is 21.9 Å². The normalized spacial score (nSPS) is 11.8. The standard InChI is InChI=1S/C11H14N2OS2/c1-9(16-10-5-3-8-15-10)11(14)13(2)7-4-6-12/h3,5,8-9H,4,7H2,1-2H3/t9-/m0/s1. The van der Waals surface area contributed by atoms with Gasteiger partial charge in [0.2, 0.25) is 5.91 Å². The maximum Gasteiger partial charge on any atom is 0.235 e. The van der Waals surface area contributed by atoms with E-state index in [1.54, 1.807) is 35.0 Å². The monoisotopic (exact) mass is 254 g/mol. The SMILES string of the molecule is C[C@H](Sc1cccs1)C(=O)N(C)CCC#N. The molecule has 0 radical (unpaired) electrons. The van der Waals surface area contributed by atoms with Crippen LogP contribution >= 0.6 is 23.1 Å². The molecule has 1 atom stereocenters. The van der Waals surface area contributed by atoms with E-state index in [4.69, 9.17) is 5.26 Å². The van der Waals surface area contributed by atoms with Crippen LogP contribution in [-0.4, -0.2) is 29.6 Å². The Labute approximate surface area is 104 Å². The van der Waals surface area contributed by atoms with Gasteiger partial charge in [-0.3, -0.25) is 4.79 Å². The predicted octanol–water partition coefficient (Wildman–Crippen LogP) is 2.60. The number of carbonyl (C=O) groups excluding carboxylic acids is 1. The Morgan fingerprint density at radius 2 is 2.50 bits per heavy atom. The fourth-order valence-electron chi connectivity index (χ4n) is 1.19. The van der Waals surface area contributed by atoms with Crippen molar-refractivity contribution in [2.45, 2.75) is 22.8 Å². The Morgan fingerprint density at radius 3 is 3.06 bits per heavy atom. The van der Waals surface area contributed by atoms with Crippen LogP contribution < -0.4 is 0 Å². The molecule has 1 amide bonds. The highest BCUT2D eigenvalue weighted by Crippen LogP contribution is 2.28. The van der Waals surface area contributed by atoms with Crippen LogP contribution in [0.3, 0.4) is 0 Å². The summed E-state index contributed by atoms with van der Waals surface area (Å²) in [5, 5.41) is 10.4. The number of nitriles is 1. The molecule has 1 aromatic heterocycles. The van der Waals surface area contributed by atoms with E-state index in [2.05, 4.69) is 0 Å². The number of nitrogens with zero attached hydrogens (tertiary/aromatic N) is 2. The molecule has 0 unspecified atom stereocenters. The van der Waals surface area contributed by atoms with Crippen LogP contribution in [0.4, 0.5) is 0 Å². The molecule has 0 aromatic carbocycles. The summed E-state index contributed by atoms with van der Waals surface area (Å²) in [7, 11) is 1.74. The summed E-state index contributed by atoms with van der Waals surface area (Å²) in [6, 6.07) is 6.02. The van der Waals surface area contributed by atoms with Crippen molar-refractivity contribution in [2.75, 3.05) is 13.6 Å². The lowest BCUT2D eigenvalue weighted by atomic mass is 10.3. The second kappa shape index (κ2) is 6.56. The van der Waals surface area contributed by atoms with Gasteiger partial charge >= 0.3 is 0 Å². The Bertz CT molecular complexity index is 370. The van der Waals surface area contributed by atoms with Crippen LogP contribution in [0.5, 0.6) is 0 Å². The maximum atomic E-state index is 11.9. The van der Waals surface area contributed by atoms with Crippen LogP contribution in [-0.2, 0) is 4.79 Å². The zero-order valence-corrected chi connectivity index (χ0v) is 11.0. The zero-order valence-electron chi connectivity index (χ0n) is 9.34. The third kappa shape index (κ3) is 3.87. The molecule has 1 heterocycles. The Hall–Kier alpha value is -0.990. The molecule has 0 fully saturated rings. The van der Waals surface area contributed by atoms with Gasteiger partial charge in [-0.1, -0.05) is 6.07 Å². The van der Waals surface area contributed by atoms with E-state index in [0.717, 1.165) is 4.21 Å². The molecule has 0 bridgehead atoms. The summed E-state index contributed by atoms with van der Waals surface area (Å²) >= 11 is 3.20. The topological polar surface area (TPSA) is 44.1 Å². The molecular weight excluding hydrogens is 240 g/mol. The van der Waals surface area contributed by atoms with Crippen molar-refractivity contribution in [3.05, 3.63) is 17.5 Å². The van der Waals surface area contributed by atoms with Crippen molar-refractivity contribution in [3.63, 3.8) is 0 Å². The molecule has 0 spiro atoms. The molecule has 1 aromatic rings. The highest BCUT2D eigenvalue weighted by atomic mass is 32.2. The molecule has 0 aliphatic carbocycles. The van der Waals surface area contributed by atoms with Crippen molar-refractivity contribution in [1.82, 2.24) is 4.90 Å². The van der Waals surface area contributed by atoms with E-state index in [9.17, 15) is 4.79 Å². The quantitative estimate of drug-likeness (QED) is 0.759. The summed E-state index contributed by atoms with van der Waals surface area (Å²) in [5.74, 6) is 0.0775. The number of rotatable bonds is 5. The number of carbonyl (C=O) groups is 1. The van der Waals surface area contributed by atoms with Gasteiger partial charge in [-0.25, -0.2) is 0 Å². The molecule has 0 N–H and O–H groups in total. The summed E-state index contributed by atoms with van der Waals surface area (Å²) < 4.78 is 1.15. The van der Waals surface area contributed by atoms with Crippen molar-refractivity contribution in [2.24, 2.45) is 0 Å². The first-order chi connectivity index (χ1) is 7.65. The number of thiophene rings is 1. The Morgan fingerprint density at radius 1 is 1.75 bits per heavy atom. The third-order valence-electron chi connectivity index (χ3n) is 2.07. The average molecular weight is 254 g/mol. The average Bonchev–Trinajstić information content (AvgIpc) is 2.77. The van der Waals surface area contributed by atoms with E-state index >= 15 is 0 Å². The van der Waals surface area contributed by atoms with Crippen molar-refractivity contribution < 1.29 is 4.79 Å². The summed E-state index contributed by atoms with van der Waals surface area (Å²) in [4.78, 5) is 13.5. The maximum absolute atomic E-state index is 11.9. The highest BCUT2D eigenvalue weighted by Gasteiger charge is 2.18. The highest BCUT2D eigenvalue weighted by molar-refractivity contribution is 8.02. The van der Waals surface area contributed by atoms with Crippen molar-refractivity contribution in [1.29, 1.82) is 5.26 Å². The number of hydrogen-bond donors (Lipinski definition) is 0. The lowest BCUT2D eigenvalue weighted by molar-refractivity contribution is -0.128. The van der Waals surface area contributed by atoms with Gasteiger partial charge in [-0.15, -0.1) is 23.1 Å². The summed E-state index contributed by atoms with van der Waals surface area (Å²) in [5.41, 5.74) is 0. The van der Waals surface area contributed by atoms with E-state index in [1.165, 1.54) is 0 Å². The zero-order chi connectivity index (χ0) is 12.0. The third-order valence-corrected chi connectivity index (χ3v) is 4.23. The second-order valence-corrected chi connectivity index (χ2v) is 5.95. The van der Waals surface area contributed by atoms with Gasteiger partial charge in [-0.05, 0) is 18.4 Å². The largest absolute Gasteiger partial charge is 0.344 e.